The van der Waals surface area contributed by atoms with Crippen LogP contribution in [0.25, 0.3) is 21.3 Å². The first-order chi connectivity index (χ1) is 43.5. The van der Waals surface area contributed by atoms with Gasteiger partial charge in [-0.3, -0.25) is 34.0 Å². The molecule has 5 fully saturated rings. The van der Waals surface area contributed by atoms with Gasteiger partial charge in [-0.2, -0.15) is 5.10 Å². The van der Waals surface area contributed by atoms with Crippen LogP contribution in [0.2, 0.25) is 0 Å². The van der Waals surface area contributed by atoms with E-state index < -0.39 is 101 Å². The van der Waals surface area contributed by atoms with Gasteiger partial charge in [-0.25, -0.2) is 27.9 Å². The van der Waals surface area contributed by atoms with E-state index >= 15 is 0 Å². The number of nitrogens with one attached hydrogen (secondary N) is 3. The minimum absolute atomic E-state index is 0.0313. The summed E-state index contributed by atoms with van der Waals surface area (Å²) in [4.78, 5) is 87.8. The third-order valence-corrected chi connectivity index (χ3v) is 21.2. The summed E-state index contributed by atoms with van der Waals surface area (Å²) < 4.78 is 57.7. The number of aliphatic carboxylic acids is 3. The molecule has 3 aromatic carbocycles. The zero-order valence-electron chi connectivity index (χ0n) is 52.8. The lowest BCUT2D eigenvalue weighted by Gasteiger charge is -2.69. The first kappa shape index (κ1) is 65.8. The molecule has 2 unspecified atom stereocenters. The van der Waals surface area contributed by atoms with Gasteiger partial charge in [0.1, 0.15) is 18.0 Å². The second-order valence-corrected chi connectivity index (χ2v) is 30.5. The maximum Gasteiger partial charge on any atom is 0.358 e. The van der Waals surface area contributed by atoms with Crippen LogP contribution < -0.4 is 20.3 Å². The molecule has 0 spiro atoms. The van der Waals surface area contributed by atoms with E-state index in [0.29, 0.717) is 67.8 Å². The predicted molar refractivity (Wildman–Crippen MR) is 340 cm³/mol. The van der Waals surface area contributed by atoms with Crippen LogP contribution in [0.3, 0.4) is 0 Å². The molecule has 25 heteroatoms. The number of amides is 1. The topological polar surface area (TPSA) is 317 Å². The summed E-state index contributed by atoms with van der Waals surface area (Å²) in [6.07, 6.45) is 3.52. The molecule has 0 radical (unpaired) electrons. The molecule has 23 nitrogen and oxygen atoms in total. The SMILES string of the molecule is CC(=O)OC[C@H]1O[C@H](CC(=O)O)[C@@H](NS(=O)(=O)c2ccc(CNCCOC34CC5(C)CC(C)(CC(Cn6ncc(-c7ccc(N8CCc9cccc(C(=O)Nc%10nc%11ccccc%11s%10)c9C8)nc7C(=O)OC(C)(C)C)c6C)(C5)C3)C4)cc2)[C@@H](CC(=O)O)[C@H]1CC(=O)O. The molecule has 3 aromatic heterocycles. The number of aromatic nitrogens is 4. The Morgan fingerprint density at radius 1 is 0.804 bits per heavy atom. The number of carboxylic acid groups (broad SMARTS) is 3. The van der Waals surface area contributed by atoms with E-state index in [0.717, 1.165) is 83.6 Å². The number of esters is 2. The van der Waals surface area contributed by atoms with Crippen LogP contribution in [0, 0.1) is 35.0 Å². The fourth-order valence-electron chi connectivity index (χ4n) is 16.4. The minimum atomic E-state index is -4.47. The van der Waals surface area contributed by atoms with Crippen LogP contribution in [0.4, 0.5) is 10.9 Å². The number of rotatable bonds is 24. The van der Waals surface area contributed by atoms with E-state index in [4.69, 9.17) is 29.0 Å². The molecule has 5 heterocycles. The van der Waals surface area contributed by atoms with Gasteiger partial charge in [0.2, 0.25) is 10.0 Å². The van der Waals surface area contributed by atoms with Crippen molar-refractivity contribution in [2.24, 2.45) is 28.1 Å². The molecule has 4 bridgehead atoms. The standard InChI is InChI=1S/C67H80N8O15S2/c1-39-48(44-19-20-54(71-59(44)61(84)90-63(3,4)5)74-23-21-42-11-10-12-45(49(42)30-74)60(83)72-62-70-50-13-8-9-14-53(50)91-62)29-69-75(39)38-66-33-64(6)32-65(7,34-66)36-67(35-64,37-66)88-24-22-68-28-41-15-17-43(18-16-41)92(85,86)73-58-47(26-56(79)80)46(25-55(77)78)52(31-87-40(2)76)89-51(58)27-57(81)82/h8-20,29,46-47,51-52,58,68,73H,21-28,30-38H2,1-7H3,(H,77,78)(H,79,80)(H,81,82)(H,70,72,83)/t46-,47+,51-,52-,58+,64?,65?,66?,67?/m1/s1. The Morgan fingerprint density at radius 3 is 2.20 bits per heavy atom. The van der Waals surface area contributed by atoms with Crippen molar-refractivity contribution in [1.29, 1.82) is 0 Å². The Morgan fingerprint density at radius 2 is 1.51 bits per heavy atom. The largest absolute Gasteiger partial charge is 0.481 e. The number of carbonyl (C=O) groups is 6. The maximum absolute atomic E-state index is 14.3. The van der Waals surface area contributed by atoms with Crippen LogP contribution in [-0.2, 0) is 74.2 Å². The molecule has 4 aliphatic carbocycles. The van der Waals surface area contributed by atoms with Crippen molar-refractivity contribution in [2.75, 3.05) is 36.5 Å². The highest BCUT2D eigenvalue weighted by Crippen LogP contribution is 2.72. The third-order valence-electron chi connectivity index (χ3n) is 18.8. The zero-order chi connectivity index (χ0) is 65.7. The van der Waals surface area contributed by atoms with E-state index in [-0.39, 0.29) is 38.3 Å². The molecule has 1 amide bonds. The number of ether oxygens (including phenoxy) is 4. The molecule has 490 valence electrons. The van der Waals surface area contributed by atoms with Gasteiger partial charge in [0.15, 0.2) is 10.8 Å². The average molecular weight is 1300 g/mol. The van der Waals surface area contributed by atoms with Crippen molar-refractivity contribution in [2.45, 2.75) is 167 Å². The van der Waals surface area contributed by atoms with Gasteiger partial charge in [-0.15, -0.1) is 0 Å². The molecular formula is C67H80N8O15S2. The summed E-state index contributed by atoms with van der Waals surface area (Å²) in [5, 5.41) is 41.6. The Hall–Kier alpha value is -7.68. The summed E-state index contributed by atoms with van der Waals surface area (Å²) in [5.41, 5.74) is 5.33. The number of thiazole rings is 1. The van der Waals surface area contributed by atoms with Gasteiger partial charge < -0.3 is 44.5 Å². The summed E-state index contributed by atoms with van der Waals surface area (Å²) in [5.74, 6) is -7.45. The summed E-state index contributed by atoms with van der Waals surface area (Å²) in [6, 6.07) is 22.0. The molecule has 7 atom stereocenters. The highest BCUT2D eigenvalue weighted by molar-refractivity contribution is 7.89. The maximum atomic E-state index is 14.3. The van der Waals surface area contributed by atoms with Gasteiger partial charge in [-0.1, -0.05) is 61.6 Å². The van der Waals surface area contributed by atoms with Crippen LogP contribution in [0.5, 0.6) is 0 Å². The van der Waals surface area contributed by atoms with Crippen LogP contribution in [0.1, 0.15) is 143 Å². The molecule has 92 heavy (non-hydrogen) atoms. The molecule has 6 aliphatic rings. The van der Waals surface area contributed by atoms with E-state index in [1.54, 1.807) is 12.1 Å². The van der Waals surface area contributed by atoms with Crippen molar-refractivity contribution in [3.63, 3.8) is 0 Å². The number of nitrogens with zero attached hydrogens (tertiary/aromatic N) is 5. The fraction of sp³-hybridized carbons (Fsp3) is 0.507. The normalized spacial score (nSPS) is 25.9. The number of fused-ring (bicyclic) bond motifs is 2. The van der Waals surface area contributed by atoms with Crippen LogP contribution in [0.15, 0.2) is 90.0 Å². The first-order valence-electron chi connectivity index (χ1n) is 31.2. The number of benzene rings is 3. The predicted octanol–water partition coefficient (Wildman–Crippen LogP) is 9.19. The molecule has 4 saturated carbocycles. The van der Waals surface area contributed by atoms with E-state index in [2.05, 4.69) is 49.8 Å². The highest BCUT2D eigenvalue weighted by atomic mass is 32.2. The number of hydrogen-bond donors (Lipinski definition) is 6. The number of carbonyl (C=O) groups excluding carboxylic acids is 3. The lowest BCUT2D eigenvalue weighted by molar-refractivity contribution is -0.247. The second-order valence-electron chi connectivity index (χ2n) is 27.7. The van der Waals surface area contributed by atoms with Crippen molar-refractivity contribution in [3.8, 4) is 11.1 Å². The van der Waals surface area contributed by atoms with Gasteiger partial charge in [0, 0.05) is 67.9 Å². The monoisotopic (exact) mass is 1300 g/mol. The van der Waals surface area contributed by atoms with Crippen molar-refractivity contribution in [1.82, 2.24) is 29.8 Å². The van der Waals surface area contributed by atoms with Gasteiger partial charge in [0.25, 0.3) is 5.91 Å². The number of hydrogen-bond acceptors (Lipinski definition) is 18. The fourth-order valence-corrected chi connectivity index (χ4v) is 18.6. The number of para-hydroxylation sites is 1. The van der Waals surface area contributed by atoms with Gasteiger partial charge in [-0.05, 0) is 154 Å². The first-order valence-corrected chi connectivity index (χ1v) is 33.5. The number of carboxylic acids is 3. The molecule has 1 saturated heterocycles. The Balaban J connectivity index is 0.749. The second kappa shape index (κ2) is 25.7. The summed E-state index contributed by atoms with van der Waals surface area (Å²) in [6.45, 7) is 15.9. The average Bonchev–Trinajstić information content (AvgIpc) is 0.723. The van der Waals surface area contributed by atoms with Crippen molar-refractivity contribution < 1.29 is 71.5 Å². The molecule has 12 rings (SSSR count). The van der Waals surface area contributed by atoms with Crippen molar-refractivity contribution in [3.05, 3.63) is 119 Å². The van der Waals surface area contributed by atoms with Gasteiger partial charge in [0.05, 0.1) is 71.0 Å². The Kier molecular flexibility index (Phi) is 18.4. The zero-order valence-corrected chi connectivity index (χ0v) is 54.4. The van der Waals surface area contributed by atoms with Gasteiger partial charge >= 0.3 is 29.8 Å². The van der Waals surface area contributed by atoms with Crippen molar-refractivity contribution >= 4 is 78.3 Å². The molecule has 2 aliphatic heterocycles. The quantitative estimate of drug-likeness (QED) is 0.0243. The van der Waals surface area contributed by atoms with Crippen LogP contribution in [-0.4, -0.2) is 135 Å². The lowest BCUT2D eigenvalue weighted by atomic mass is 9.39. The van der Waals surface area contributed by atoms with Crippen LogP contribution >= 0.6 is 11.3 Å². The smallest absolute Gasteiger partial charge is 0.358 e. The minimum Gasteiger partial charge on any atom is -0.481 e. The van der Waals surface area contributed by atoms with E-state index in [1.807, 2.05) is 82.4 Å². The lowest BCUT2D eigenvalue weighted by Crippen LogP contribution is -2.64. The number of anilines is 2. The molecular weight excluding hydrogens is 1220 g/mol. The highest BCUT2D eigenvalue weighted by Gasteiger charge is 2.66. The Labute approximate surface area is 538 Å². The molecule has 6 N–H and O–H groups in total. The summed E-state index contributed by atoms with van der Waals surface area (Å²) >= 11 is 1.43. The third kappa shape index (κ3) is 14.6. The number of sulfonamides is 1. The van der Waals surface area contributed by atoms with E-state index in [9.17, 15) is 52.5 Å². The van der Waals surface area contributed by atoms with E-state index in [1.165, 1.54) is 23.5 Å². The molecule has 6 aromatic rings. The number of pyridine rings is 1. The Bertz CT molecular complexity index is 3900. The summed E-state index contributed by atoms with van der Waals surface area (Å²) in [7, 11) is -4.47.